The van der Waals surface area contributed by atoms with E-state index >= 15 is 0 Å². The van der Waals surface area contributed by atoms with Gasteiger partial charge in [0.05, 0.1) is 5.56 Å². The summed E-state index contributed by atoms with van der Waals surface area (Å²) in [6.07, 6.45) is 0.706. The molecule has 3 aromatic carbocycles. The molecule has 144 valence electrons. The molecule has 0 amide bonds. The topological polar surface area (TPSA) is 66.4 Å². The minimum atomic E-state index is -0.889. The fraction of sp³-hybridized carbons (Fsp3) is 0.0909. The lowest BCUT2D eigenvalue weighted by molar-refractivity contribution is 0.0695. The lowest BCUT2D eigenvalue weighted by atomic mass is 9.99. The Hall–Kier alpha value is -2.66. The second-order valence-electron chi connectivity index (χ2n) is 5.89. The van der Waals surface area contributed by atoms with Gasteiger partial charge in [-0.25, -0.2) is 4.79 Å². The molecule has 0 bridgehead atoms. The minimum absolute atomic E-state index is 0.351. The number of aromatic carboxylic acids is 1. The summed E-state index contributed by atoms with van der Waals surface area (Å²) in [5.74, 6) is -0.889. The third kappa shape index (κ3) is 6.20. The first-order valence-electron chi connectivity index (χ1n) is 8.42. The van der Waals surface area contributed by atoms with Crippen LogP contribution in [-0.2, 0) is 6.54 Å². The molecule has 4 nitrogen and oxygen atoms in total. The van der Waals surface area contributed by atoms with Crippen LogP contribution in [0.2, 0.25) is 10.0 Å². The molecule has 3 aromatic rings. The highest BCUT2D eigenvalue weighted by Crippen LogP contribution is 2.22. The summed E-state index contributed by atoms with van der Waals surface area (Å²) in [7, 11) is 1.81. The summed E-state index contributed by atoms with van der Waals surface area (Å²) >= 11 is 11.2. The van der Waals surface area contributed by atoms with Gasteiger partial charge in [-0.15, -0.1) is 0 Å². The summed E-state index contributed by atoms with van der Waals surface area (Å²) < 4.78 is 0. The van der Waals surface area contributed by atoms with Crippen LogP contribution in [0.25, 0.3) is 11.1 Å². The fourth-order valence-corrected chi connectivity index (χ4v) is 3.14. The van der Waals surface area contributed by atoms with Crippen molar-refractivity contribution in [3.8, 4) is 11.1 Å². The van der Waals surface area contributed by atoms with Crippen LogP contribution in [0.3, 0.4) is 0 Å². The summed E-state index contributed by atoms with van der Waals surface area (Å²) in [5, 5.41) is 13.1. The summed E-state index contributed by atoms with van der Waals surface area (Å²) in [6.45, 7) is 0.544. The third-order valence-corrected chi connectivity index (χ3v) is 4.27. The van der Waals surface area contributed by atoms with Crippen LogP contribution >= 0.6 is 23.2 Å². The van der Waals surface area contributed by atoms with Gasteiger partial charge >= 0.3 is 5.97 Å². The van der Waals surface area contributed by atoms with Gasteiger partial charge in [-0.05, 0) is 54.1 Å². The monoisotopic (exact) mass is 415 g/mol. The standard InChI is InChI=1S/C15H15NO2.C7H4Cl2O/c1-16-10-13-9-12(7-8-14(13)15(17)18)11-5-3-2-4-6-11;8-6-1-5(4-10)2-7(9)3-6/h2-9,16H,10H2,1H3,(H,17,18);1-4H. The smallest absolute Gasteiger partial charge is 0.336 e. The fourth-order valence-electron chi connectivity index (χ4n) is 2.59. The Morgan fingerprint density at radius 1 is 0.964 bits per heavy atom. The Kier molecular flexibility index (Phi) is 8.20. The van der Waals surface area contributed by atoms with E-state index < -0.39 is 5.97 Å². The van der Waals surface area contributed by atoms with E-state index in [9.17, 15) is 9.59 Å². The zero-order valence-corrected chi connectivity index (χ0v) is 16.7. The maximum atomic E-state index is 11.1. The van der Waals surface area contributed by atoms with Crippen molar-refractivity contribution in [1.82, 2.24) is 5.32 Å². The Morgan fingerprint density at radius 3 is 2.14 bits per heavy atom. The molecule has 6 heteroatoms. The quantitative estimate of drug-likeness (QED) is 0.533. The average Bonchev–Trinajstić information content (AvgIpc) is 2.68. The number of carboxylic acid groups (broad SMARTS) is 1. The van der Waals surface area contributed by atoms with E-state index in [1.54, 1.807) is 31.3 Å². The van der Waals surface area contributed by atoms with Crippen LogP contribution in [0.4, 0.5) is 0 Å². The van der Waals surface area contributed by atoms with Gasteiger partial charge in [-0.2, -0.15) is 0 Å². The van der Waals surface area contributed by atoms with E-state index in [0.717, 1.165) is 16.7 Å². The van der Waals surface area contributed by atoms with Crippen molar-refractivity contribution in [3.63, 3.8) is 0 Å². The molecule has 0 spiro atoms. The summed E-state index contributed by atoms with van der Waals surface area (Å²) in [4.78, 5) is 21.3. The number of nitrogens with one attached hydrogen (secondary N) is 1. The molecule has 0 aliphatic heterocycles. The molecule has 28 heavy (non-hydrogen) atoms. The Labute approximate surface area is 173 Å². The van der Waals surface area contributed by atoms with Gasteiger partial charge in [0.15, 0.2) is 0 Å². The van der Waals surface area contributed by atoms with E-state index in [4.69, 9.17) is 28.3 Å². The molecule has 0 aliphatic carbocycles. The lowest BCUT2D eigenvalue weighted by Crippen LogP contribution is -2.10. The predicted octanol–water partition coefficient (Wildman–Crippen LogP) is 5.58. The van der Waals surface area contributed by atoms with Gasteiger partial charge in [-0.3, -0.25) is 4.79 Å². The first-order valence-corrected chi connectivity index (χ1v) is 9.17. The number of carboxylic acids is 1. The maximum Gasteiger partial charge on any atom is 0.336 e. The number of hydrogen-bond acceptors (Lipinski definition) is 3. The van der Waals surface area contributed by atoms with Crippen LogP contribution in [0.5, 0.6) is 0 Å². The SMILES string of the molecule is CNCc1cc(-c2ccccc2)ccc1C(=O)O.O=Cc1cc(Cl)cc(Cl)c1. The van der Waals surface area contributed by atoms with Gasteiger partial charge in [0, 0.05) is 22.2 Å². The van der Waals surface area contributed by atoms with Gasteiger partial charge in [0.2, 0.25) is 0 Å². The van der Waals surface area contributed by atoms with Crippen molar-refractivity contribution in [1.29, 1.82) is 0 Å². The zero-order valence-electron chi connectivity index (χ0n) is 15.2. The van der Waals surface area contributed by atoms with Gasteiger partial charge < -0.3 is 10.4 Å². The number of carbonyl (C=O) groups excluding carboxylic acids is 1. The van der Waals surface area contributed by atoms with Gasteiger partial charge in [0.1, 0.15) is 6.29 Å². The second-order valence-corrected chi connectivity index (χ2v) is 6.77. The average molecular weight is 416 g/mol. The Morgan fingerprint density at radius 2 is 1.61 bits per heavy atom. The first-order chi connectivity index (χ1) is 13.4. The lowest BCUT2D eigenvalue weighted by Gasteiger charge is -2.09. The first kappa shape index (κ1) is 21.6. The number of carbonyl (C=O) groups is 2. The van der Waals surface area contributed by atoms with Crippen molar-refractivity contribution in [2.75, 3.05) is 7.05 Å². The molecular weight excluding hydrogens is 397 g/mol. The number of rotatable bonds is 5. The van der Waals surface area contributed by atoms with E-state index in [2.05, 4.69) is 5.32 Å². The highest BCUT2D eigenvalue weighted by molar-refractivity contribution is 6.35. The molecule has 3 rings (SSSR count). The van der Waals surface area contributed by atoms with E-state index in [1.165, 1.54) is 0 Å². The second kappa shape index (κ2) is 10.6. The normalized spacial score (nSPS) is 9.96. The largest absolute Gasteiger partial charge is 0.478 e. The molecule has 0 heterocycles. The number of halogens is 2. The highest BCUT2D eigenvalue weighted by Gasteiger charge is 2.10. The molecule has 0 radical (unpaired) electrons. The highest BCUT2D eigenvalue weighted by atomic mass is 35.5. The molecular formula is C22H19Cl2NO3. The minimum Gasteiger partial charge on any atom is -0.478 e. The zero-order chi connectivity index (χ0) is 20.5. The van der Waals surface area contributed by atoms with Crippen molar-refractivity contribution in [2.24, 2.45) is 0 Å². The van der Waals surface area contributed by atoms with E-state index in [0.29, 0.717) is 34.0 Å². The van der Waals surface area contributed by atoms with E-state index in [-0.39, 0.29) is 0 Å². The van der Waals surface area contributed by atoms with Crippen LogP contribution in [0.15, 0.2) is 66.7 Å². The Bertz CT molecular complexity index is 939. The molecule has 0 aliphatic rings. The molecule has 0 atom stereocenters. The third-order valence-electron chi connectivity index (χ3n) is 3.83. The van der Waals surface area contributed by atoms with Gasteiger partial charge in [-0.1, -0.05) is 59.6 Å². The van der Waals surface area contributed by atoms with Crippen molar-refractivity contribution in [3.05, 3.63) is 93.5 Å². The van der Waals surface area contributed by atoms with Crippen LogP contribution in [-0.4, -0.2) is 24.4 Å². The molecule has 0 saturated carbocycles. The van der Waals surface area contributed by atoms with Crippen LogP contribution in [0, 0.1) is 0 Å². The van der Waals surface area contributed by atoms with Crippen molar-refractivity contribution >= 4 is 35.5 Å². The van der Waals surface area contributed by atoms with E-state index in [1.807, 2.05) is 42.5 Å². The maximum absolute atomic E-state index is 11.1. The van der Waals surface area contributed by atoms with Crippen LogP contribution < -0.4 is 5.32 Å². The molecule has 2 N–H and O–H groups in total. The van der Waals surface area contributed by atoms with Crippen LogP contribution in [0.1, 0.15) is 26.3 Å². The molecule has 0 fully saturated rings. The molecule has 0 saturated heterocycles. The van der Waals surface area contributed by atoms with Crippen molar-refractivity contribution < 1.29 is 14.7 Å². The predicted molar refractivity (Wildman–Crippen MR) is 113 cm³/mol. The molecule has 0 aromatic heterocycles. The summed E-state index contributed by atoms with van der Waals surface area (Å²) in [5.41, 5.74) is 3.77. The van der Waals surface area contributed by atoms with Crippen molar-refractivity contribution in [2.45, 2.75) is 6.54 Å². The number of hydrogen-bond donors (Lipinski definition) is 2. The van der Waals surface area contributed by atoms with Gasteiger partial charge in [0.25, 0.3) is 0 Å². The number of benzene rings is 3. The number of aldehydes is 1. The Balaban J connectivity index is 0.000000237. The summed E-state index contributed by atoms with van der Waals surface area (Å²) in [6, 6.07) is 20.1. The molecule has 0 unspecified atom stereocenters.